The lowest BCUT2D eigenvalue weighted by atomic mass is 10.0. The van der Waals surface area contributed by atoms with Gasteiger partial charge in [-0.25, -0.2) is 9.82 Å². The van der Waals surface area contributed by atoms with Crippen molar-refractivity contribution in [3.8, 4) is 0 Å². The fourth-order valence-corrected chi connectivity index (χ4v) is 2.87. The van der Waals surface area contributed by atoms with Gasteiger partial charge in [-0.05, 0) is 55.6 Å². The summed E-state index contributed by atoms with van der Waals surface area (Å²) in [5, 5.41) is 0. The van der Waals surface area contributed by atoms with E-state index in [9.17, 15) is 4.39 Å². The maximum atomic E-state index is 13.2. The molecule has 1 unspecified atom stereocenters. The molecule has 0 aliphatic rings. The van der Waals surface area contributed by atoms with E-state index in [0.29, 0.717) is 11.3 Å². The van der Waals surface area contributed by atoms with Crippen molar-refractivity contribution in [1.82, 2.24) is 10.4 Å². The predicted molar refractivity (Wildman–Crippen MR) is 75.2 cm³/mol. The number of nitrogens with one attached hydrogen (secondary N) is 1. The van der Waals surface area contributed by atoms with E-state index >= 15 is 0 Å². The first-order valence-electron chi connectivity index (χ1n) is 5.14. The van der Waals surface area contributed by atoms with Crippen molar-refractivity contribution in [2.24, 2.45) is 5.84 Å². The highest BCUT2D eigenvalue weighted by Gasteiger charge is 2.17. The third-order valence-electron chi connectivity index (χ3n) is 2.46. The van der Waals surface area contributed by atoms with Crippen molar-refractivity contribution in [2.45, 2.75) is 6.04 Å². The van der Waals surface area contributed by atoms with Crippen LogP contribution in [0.2, 0.25) is 0 Å². The van der Waals surface area contributed by atoms with E-state index in [1.165, 1.54) is 12.1 Å². The van der Waals surface area contributed by atoms with Crippen molar-refractivity contribution in [1.29, 1.82) is 0 Å². The van der Waals surface area contributed by atoms with Crippen molar-refractivity contribution in [2.75, 3.05) is 0 Å². The standard InChI is InChI=1S/C12H10Br2FN3/c13-8-5-10(14)12(17-6-8)11(18-16)7-2-1-3-9(15)4-7/h1-6,11,18H,16H2. The van der Waals surface area contributed by atoms with Crippen LogP contribution in [0.4, 0.5) is 4.39 Å². The van der Waals surface area contributed by atoms with Crippen molar-refractivity contribution >= 4 is 31.9 Å². The van der Waals surface area contributed by atoms with E-state index in [2.05, 4.69) is 42.3 Å². The van der Waals surface area contributed by atoms with Crippen LogP contribution in [0, 0.1) is 5.82 Å². The van der Waals surface area contributed by atoms with Gasteiger partial charge in [0.25, 0.3) is 0 Å². The fourth-order valence-electron chi connectivity index (χ4n) is 1.66. The Kier molecular flexibility index (Phi) is 4.45. The second-order valence-electron chi connectivity index (χ2n) is 3.68. The van der Waals surface area contributed by atoms with Crippen molar-refractivity contribution in [3.05, 3.63) is 62.5 Å². The summed E-state index contributed by atoms with van der Waals surface area (Å²) in [5.41, 5.74) is 4.06. The Labute approximate surface area is 121 Å². The number of nitrogens with two attached hydrogens (primary N) is 1. The van der Waals surface area contributed by atoms with E-state index in [0.717, 1.165) is 8.95 Å². The molecular weight excluding hydrogens is 365 g/mol. The van der Waals surface area contributed by atoms with Gasteiger partial charge < -0.3 is 0 Å². The molecule has 0 spiro atoms. The Balaban J connectivity index is 2.45. The molecule has 0 aliphatic heterocycles. The molecule has 2 rings (SSSR count). The van der Waals surface area contributed by atoms with Crippen LogP contribution in [0.25, 0.3) is 0 Å². The minimum absolute atomic E-state index is 0.305. The number of aromatic nitrogens is 1. The van der Waals surface area contributed by atoms with E-state index in [-0.39, 0.29) is 11.9 Å². The average Bonchev–Trinajstić information content (AvgIpc) is 2.33. The molecule has 1 aromatic carbocycles. The summed E-state index contributed by atoms with van der Waals surface area (Å²) in [6.45, 7) is 0. The summed E-state index contributed by atoms with van der Waals surface area (Å²) in [7, 11) is 0. The quantitative estimate of drug-likeness (QED) is 0.640. The first kappa shape index (κ1) is 13.6. The van der Waals surface area contributed by atoms with Crippen LogP contribution in [-0.4, -0.2) is 4.98 Å². The molecule has 3 N–H and O–H groups in total. The van der Waals surface area contributed by atoms with Crippen LogP contribution in [-0.2, 0) is 0 Å². The second kappa shape index (κ2) is 5.88. The molecule has 0 amide bonds. The summed E-state index contributed by atoms with van der Waals surface area (Å²) in [4.78, 5) is 4.30. The lowest BCUT2D eigenvalue weighted by Gasteiger charge is -2.17. The molecule has 1 aromatic heterocycles. The first-order valence-corrected chi connectivity index (χ1v) is 6.73. The molecule has 1 atom stereocenters. The van der Waals surface area contributed by atoms with Gasteiger partial charge in [-0.3, -0.25) is 10.8 Å². The van der Waals surface area contributed by atoms with Gasteiger partial charge in [-0.1, -0.05) is 12.1 Å². The first-order chi connectivity index (χ1) is 8.61. The van der Waals surface area contributed by atoms with Crippen molar-refractivity contribution in [3.63, 3.8) is 0 Å². The molecule has 0 saturated carbocycles. The minimum Gasteiger partial charge on any atom is -0.271 e. The molecule has 0 radical (unpaired) electrons. The molecule has 1 heterocycles. The SMILES string of the molecule is NNC(c1cccc(F)c1)c1ncc(Br)cc1Br. The van der Waals surface area contributed by atoms with Crippen LogP contribution in [0.5, 0.6) is 0 Å². The number of pyridine rings is 1. The Morgan fingerprint density at radius 2 is 2.06 bits per heavy atom. The van der Waals surface area contributed by atoms with Gasteiger partial charge in [0.1, 0.15) is 5.82 Å². The van der Waals surface area contributed by atoms with Gasteiger partial charge in [-0.2, -0.15) is 0 Å². The highest BCUT2D eigenvalue weighted by molar-refractivity contribution is 9.11. The second-order valence-corrected chi connectivity index (χ2v) is 5.45. The maximum absolute atomic E-state index is 13.2. The van der Waals surface area contributed by atoms with E-state index in [4.69, 9.17) is 5.84 Å². The molecule has 94 valence electrons. The number of rotatable bonds is 3. The summed E-state index contributed by atoms with van der Waals surface area (Å²) < 4.78 is 14.9. The highest BCUT2D eigenvalue weighted by Crippen LogP contribution is 2.28. The zero-order valence-electron chi connectivity index (χ0n) is 9.20. The van der Waals surface area contributed by atoms with Crippen LogP contribution in [0.3, 0.4) is 0 Å². The maximum Gasteiger partial charge on any atom is 0.123 e. The fraction of sp³-hybridized carbons (Fsp3) is 0.0833. The van der Waals surface area contributed by atoms with E-state index in [1.54, 1.807) is 18.3 Å². The Morgan fingerprint density at radius 3 is 2.67 bits per heavy atom. The molecule has 0 fully saturated rings. The number of benzene rings is 1. The Hall–Kier alpha value is -0.820. The monoisotopic (exact) mass is 373 g/mol. The molecule has 0 aliphatic carbocycles. The van der Waals surface area contributed by atoms with Gasteiger partial charge in [-0.15, -0.1) is 0 Å². The van der Waals surface area contributed by atoms with Crippen LogP contribution < -0.4 is 11.3 Å². The zero-order chi connectivity index (χ0) is 13.1. The average molecular weight is 375 g/mol. The van der Waals surface area contributed by atoms with Crippen LogP contribution in [0.1, 0.15) is 17.3 Å². The topological polar surface area (TPSA) is 50.9 Å². The van der Waals surface area contributed by atoms with Gasteiger partial charge in [0.2, 0.25) is 0 Å². The number of hydrazine groups is 1. The molecular formula is C12H10Br2FN3. The van der Waals surface area contributed by atoms with Gasteiger partial charge in [0, 0.05) is 15.1 Å². The minimum atomic E-state index is -0.372. The zero-order valence-corrected chi connectivity index (χ0v) is 12.4. The molecule has 6 heteroatoms. The summed E-state index contributed by atoms with van der Waals surface area (Å²) >= 11 is 6.75. The third kappa shape index (κ3) is 2.95. The van der Waals surface area contributed by atoms with Crippen LogP contribution in [0.15, 0.2) is 45.5 Å². The van der Waals surface area contributed by atoms with Gasteiger partial charge >= 0.3 is 0 Å². The Bertz CT molecular complexity index is 563. The van der Waals surface area contributed by atoms with E-state index in [1.807, 2.05) is 6.07 Å². The largest absolute Gasteiger partial charge is 0.271 e. The molecule has 2 aromatic rings. The molecule has 0 saturated heterocycles. The Morgan fingerprint density at radius 1 is 1.28 bits per heavy atom. The highest BCUT2D eigenvalue weighted by atomic mass is 79.9. The molecule has 0 bridgehead atoms. The molecule has 18 heavy (non-hydrogen) atoms. The summed E-state index contributed by atoms with van der Waals surface area (Å²) in [6, 6.07) is 7.75. The molecule has 3 nitrogen and oxygen atoms in total. The predicted octanol–water partition coefficient (Wildman–Crippen LogP) is 3.30. The van der Waals surface area contributed by atoms with Gasteiger partial charge in [0.05, 0.1) is 11.7 Å². The lowest BCUT2D eigenvalue weighted by Crippen LogP contribution is -2.29. The number of hydrogen-bond donors (Lipinski definition) is 2. The normalized spacial score (nSPS) is 12.4. The summed E-state index contributed by atoms with van der Waals surface area (Å²) in [6.07, 6.45) is 1.67. The van der Waals surface area contributed by atoms with Gasteiger partial charge in [0.15, 0.2) is 0 Å². The number of hydrogen-bond acceptors (Lipinski definition) is 3. The lowest BCUT2D eigenvalue weighted by molar-refractivity contribution is 0.596. The summed E-state index contributed by atoms with van der Waals surface area (Å²) in [5.74, 6) is 5.24. The van der Waals surface area contributed by atoms with E-state index < -0.39 is 0 Å². The smallest absolute Gasteiger partial charge is 0.123 e. The number of nitrogens with zero attached hydrogens (tertiary/aromatic N) is 1. The van der Waals surface area contributed by atoms with Crippen LogP contribution >= 0.6 is 31.9 Å². The number of halogens is 3. The van der Waals surface area contributed by atoms with Crippen molar-refractivity contribution < 1.29 is 4.39 Å². The third-order valence-corrected chi connectivity index (χ3v) is 3.53.